The number of nitrogens with one attached hydrogen (secondary N) is 2. The second kappa shape index (κ2) is 12.1. The molecule has 0 saturated heterocycles. The summed E-state index contributed by atoms with van der Waals surface area (Å²) in [7, 11) is 7.79. The Hall–Kier alpha value is -2.32. The first-order chi connectivity index (χ1) is 15.4. The average molecular weight is 462 g/mol. The number of anilines is 4. The molecular formula is C23H36ClN7O. The molecule has 9 heteroatoms. The lowest BCUT2D eigenvalue weighted by molar-refractivity contribution is 0.401. The minimum Gasteiger partial charge on any atom is -0.495 e. The Kier molecular flexibility index (Phi) is 9.17. The van der Waals surface area contributed by atoms with Crippen molar-refractivity contribution in [1.29, 1.82) is 0 Å². The van der Waals surface area contributed by atoms with Crippen LogP contribution in [0.4, 0.5) is 23.5 Å². The smallest absolute Gasteiger partial charge is 0.233 e. The quantitative estimate of drug-likeness (QED) is 0.488. The van der Waals surface area contributed by atoms with E-state index in [2.05, 4.69) is 44.5 Å². The van der Waals surface area contributed by atoms with Crippen LogP contribution in [0.3, 0.4) is 0 Å². The zero-order valence-corrected chi connectivity index (χ0v) is 20.5. The minimum absolute atomic E-state index is 0.398. The Bertz CT molecular complexity index is 856. The molecule has 0 amide bonds. The van der Waals surface area contributed by atoms with Crippen molar-refractivity contribution >= 4 is 35.1 Å². The van der Waals surface area contributed by atoms with Gasteiger partial charge in [-0.15, -0.1) is 0 Å². The van der Waals surface area contributed by atoms with Gasteiger partial charge >= 0.3 is 0 Å². The monoisotopic (exact) mass is 461 g/mol. The van der Waals surface area contributed by atoms with E-state index in [9.17, 15) is 0 Å². The maximum Gasteiger partial charge on any atom is 0.233 e. The van der Waals surface area contributed by atoms with Crippen LogP contribution in [-0.4, -0.2) is 67.2 Å². The highest BCUT2D eigenvalue weighted by atomic mass is 35.5. The Morgan fingerprint density at radius 2 is 1.72 bits per heavy atom. The van der Waals surface area contributed by atoms with Crippen LogP contribution in [0.25, 0.3) is 0 Å². The number of aromatic nitrogens is 3. The molecule has 1 aromatic heterocycles. The van der Waals surface area contributed by atoms with E-state index in [1.165, 1.54) is 25.7 Å². The zero-order chi connectivity index (χ0) is 22.9. The summed E-state index contributed by atoms with van der Waals surface area (Å²) in [6.45, 7) is 1.87. The lowest BCUT2D eigenvalue weighted by Crippen LogP contribution is -2.26. The summed E-state index contributed by atoms with van der Waals surface area (Å²) in [6, 6.07) is 5.93. The fourth-order valence-electron chi connectivity index (χ4n) is 3.86. The van der Waals surface area contributed by atoms with Gasteiger partial charge in [0.05, 0.1) is 12.1 Å². The predicted octanol–water partition coefficient (Wildman–Crippen LogP) is 4.80. The Balaban J connectivity index is 1.80. The van der Waals surface area contributed by atoms with Gasteiger partial charge in [0.2, 0.25) is 17.8 Å². The van der Waals surface area contributed by atoms with Gasteiger partial charge in [0.25, 0.3) is 0 Å². The molecule has 0 bridgehead atoms. The Morgan fingerprint density at radius 3 is 2.38 bits per heavy atom. The number of ether oxygens (including phenoxy) is 1. The predicted molar refractivity (Wildman–Crippen MR) is 133 cm³/mol. The lowest BCUT2D eigenvalue weighted by Gasteiger charge is -2.21. The van der Waals surface area contributed by atoms with Crippen LogP contribution >= 0.6 is 11.6 Å². The van der Waals surface area contributed by atoms with Gasteiger partial charge in [0, 0.05) is 25.3 Å². The molecule has 2 N–H and O–H groups in total. The van der Waals surface area contributed by atoms with E-state index in [0.29, 0.717) is 34.7 Å². The fourth-order valence-corrected chi connectivity index (χ4v) is 4.12. The van der Waals surface area contributed by atoms with Crippen molar-refractivity contribution in [2.75, 3.05) is 56.9 Å². The molecule has 8 nitrogen and oxygen atoms in total. The molecule has 32 heavy (non-hydrogen) atoms. The van der Waals surface area contributed by atoms with Gasteiger partial charge in [0.15, 0.2) is 0 Å². The number of hydrogen-bond donors (Lipinski definition) is 2. The first-order valence-corrected chi connectivity index (χ1v) is 11.8. The SMILES string of the molecule is COc1ccc(Nc2nc(NC3CCCCCC3)nc(N(C)CCCN(C)C)n2)cc1Cl. The summed E-state index contributed by atoms with van der Waals surface area (Å²) in [4.78, 5) is 18.3. The molecule has 1 heterocycles. The first-order valence-electron chi connectivity index (χ1n) is 11.4. The molecule has 2 aromatic rings. The van der Waals surface area contributed by atoms with Crippen molar-refractivity contribution in [2.45, 2.75) is 51.0 Å². The largest absolute Gasteiger partial charge is 0.495 e. The Morgan fingerprint density at radius 1 is 1.00 bits per heavy atom. The van der Waals surface area contributed by atoms with Gasteiger partial charge in [-0.3, -0.25) is 0 Å². The van der Waals surface area contributed by atoms with E-state index < -0.39 is 0 Å². The second-order valence-corrected chi connectivity index (χ2v) is 9.08. The number of benzene rings is 1. The molecule has 0 atom stereocenters. The van der Waals surface area contributed by atoms with E-state index in [0.717, 1.165) is 38.0 Å². The van der Waals surface area contributed by atoms with E-state index in [-0.39, 0.29) is 0 Å². The lowest BCUT2D eigenvalue weighted by atomic mass is 10.1. The van der Waals surface area contributed by atoms with Gasteiger partial charge < -0.3 is 25.2 Å². The summed E-state index contributed by atoms with van der Waals surface area (Å²) in [6.07, 6.45) is 8.43. The highest BCUT2D eigenvalue weighted by Crippen LogP contribution is 2.29. The fraction of sp³-hybridized carbons (Fsp3) is 0.609. The molecule has 1 aliphatic rings. The number of halogens is 1. The minimum atomic E-state index is 0.398. The molecule has 0 spiro atoms. The summed E-state index contributed by atoms with van der Waals surface area (Å²) in [5, 5.41) is 7.37. The summed E-state index contributed by atoms with van der Waals surface area (Å²) < 4.78 is 5.25. The third-order valence-electron chi connectivity index (χ3n) is 5.66. The van der Waals surface area contributed by atoms with Gasteiger partial charge in [-0.05, 0) is 58.1 Å². The molecule has 176 valence electrons. The van der Waals surface area contributed by atoms with Crippen LogP contribution in [0.2, 0.25) is 5.02 Å². The topological polar surface area (TPSA) is 78.4 Å². The number of hydrogen-bond acceptors (Lipinski definition) is 8. The van der Waals surface area contributed by atoms with E-state index >= 15 is 0 Å². The summed E-state index contributed by atoms with van der Waals surface area (Å²) in [5.41, 5.74) is 0.795. The summed E-state index contributed by atoms with van der Waals surface area (Å²) >= 11 is 6.29. The van der Waals surface area contributed by atoms with Crippen LogP contribution < -0.4 is 20.3 Å². The standard InChI is InChI=1S/C23H36ClN7O/c1-30(2)14-9-15-31(3)23-28-21(25-17-10-7-5-6-8-11-17)27-22(29-23)26-18-12-13-20(32-4)19(24)16-18/h12-13,16-17H,5-11,14-15H2,1-4H3,(H2,25,26,27,28,29). The van der Waals surface area contributed by atoms with E-state index in [4.69, 9.17) is 21.3 Å². The molecule has 1 aromatic carbocycles. The van der Waals surface area contributed by atoms with Crippen molar-refractivity contribution < 1.29 is 4.74 Å². The molecule has 0 radical (unpaired) electrons. The average Bonchev–Trinajstić information content (AvgIpc) is 3.02. The van der Waals surface area contributed by atoms with Crippen LogP contribution in [0, 0.1) is 0 Å². The van der Waals surface area contributed by atoms with Crippen molar-refractivity contribution in [1.82, 2.24) is 19.9 Å². The van der Waals surface area contributed by atoms with Crippen LogP contribution in [-0.2, 0) is 0 Å². The highest BCUT2D eigenvalue weighted by molar-refractivity contribution is 6.32. The van der Waals surface area contributed by atoms with Gasteiger partial charge in [-0.25, -0.2) is 0 Å². The molecule has 1 aliphatic carbocycles. The third-order valence-corrected chi connectivity index (χ3v) is 5.96. The van der Waals surface area contributed by atoms with Gasteiger partial charge in [-0.2, -0.15) is 15.0 Å². The maximum atomic E-state index is 6.29. The van der Waals surface area contributed by atoms with Crippen molar-refractivity contribution in [2.24, 2.45) is 0 Å². The summed E-state index contributed by atoms with van der Waals surface area (Å²) in [5.74, 6) is 2.39. The van der Waals surface area contributed by atoms with Crippen molar-refractivity contribution in [3.8, 4) is 5.75 Å². The number of rotatable bonds is 10. The van der Waals surface area contributed by atoms with Gasteiger partial charge in [-0.1, -0.05) is 37.3 Å². The number of nitrogens with zero attached hydrogens (tertiary/aromatic N) is 5. The van der Waals surface area contributed by atoms with Crippen LogP contribution in [0.5, 0.6) is 5.75 Å². The molecular weight excluding hydrogens is 426 g/mol. The van der Waals surface area contributed by atoms with E-state index in [1.807, 2.05) is 25.2 Å². The van der Waals surface area contributed by atoms with Crippen LogP contribution in [0.1, 0.15) is 44.9 Å². The number of methoxy groups -OCH3 is 1. The van der Waals surface area contributed by atoms with Crippen molar-refractivity contribution in [3.63, 3.8) is 0 Å². The van der Waals surface area contributed by atoms with Crippen molar-refractivity contribution in [3.05, 3.63) is 23.2 Å². The third kappa shape index (κ3) is 7.38. The van der Waals surface area contributed by atoms with Crippen LogP contribution in [0.15, 0.2) is 18.2 Å². The van der Waals surface area contributed by atoms with E-state index in [1.54, 1.807) is 7.11 Å². The molecule has 0 unspecified atom stereocenters. The van der Waals surface area contributed by atoms with Gasteiger partial charge in [0.1, 0.15) is 5.75 Å². The Labute approximate surface area is 196 Å². The maximum absolute atomic E-state index is 6.29. The second-order valence-electron chi connectivity index (χ2n) is 8.67. The molecule has 0 aliphatic heterocycles. The highest BCUT2D eigenvalue weighted by Gasteiger charge is 2.16. The molecule has 3 rings (SSSR count). The zero-order valence-electron chi connectivity index (χ0n) is 19.7. The molecule has 1 saturated carbocycles. The normalized spacial score (nSPS) is 14.8. The first kappa shape index (κ1) is 24.3. The molecule has 1 fully saturated rings.